The first-order valence-corrected chi connectivity index (χ1v) is 11.5. The smallest absolute Gasteiger partial charge is 0.145 e. The van der Waals surface area contributed by atoms with E-state index in [0.29, 0.717) is 0 Å². The third kappa shape index (κ3) is 9.36. The Morgan fingerprint density at radius 3 is 2.61 bits per heavy atom. The Bertz CT molecular complexity index is 585. The van der Waals surface area contributed by atoms with E-state index >= 15 is 0 Å². The first-order chi connectivity index (χ1) is 13.6. The number of thioether (sulfide) groups is 1. The summed E-state index contributed by atoms with van der Waals surface area (Å²) in [6.07, 6.45) is 15.4. The van der Waals surface area contributed by atoms with Crippen LogP contribution in [0.2, 0.25) is 0 Å². The van der Waals surface area contributed by atoms with E-state index in [1.54, 1.807) is 18.0 Å². The van der Waals surface area contributed by atoms with Gasteiger partial charge >= 0.3 is 0 Å². The predicted octanol–water partition coefficient (Wildman–Crippen LogP) is 5.91. The minimum atomic E-state index is 0.176. The van der Waals surface area contributed by atoms with Crippen LogP contribution in [0.1, 0.15) is 54.9 Å². The Kier molecular flexibility index (Phi) is 15.0. The van der Waals surface area contributed by atoms with Crippen LogP contribution in [0.3, 0.4) is 0 Å². The van der Waals surface area contributed by atoms with Crippen LogP contribution in [-0.2, 0) is 0 Å². The van der Waals surface area contributed by atoms with Crippen molar-refractivity contribution in [1.82, 2.24) is 16.0 Å². The van der Waals surface area contributed by atoms with Crippen LogP contribution in [0.4, 0.5) is 0 Å². The molecule has 0 bridgehead atoms. The predicted molar refractivity (Wildman–Crippen MR) is 129 cm³/mol. The van der Waals surface area contributed by atoms with Crippen molar-refractivity contribution in [3.8, 4) is 0 Å². The zero-order chi connectivity index (χ0) is 21.4. The molecule has 3 N–H and O–H groups in total. The highest BCUT2D eigenvalue weighted by Gasteiger charge is 2.20. The second-order valence-electron chi connectivity index (χ2n) is 6.13. The molecule has 0 aromatic rings. The molecule has 28 heavy (non-hydrogen) atoms. The Morgan fingerprint density at radius 1 is 1.32 bits per heavy atom. The van der Waals surface area contributed by atoms with Crippen molar-refractivity contribution < 1.29 is 0 Å². The van der Waals surface area contributed by atoms with Crippen LogP contribution in [0.5, 0.6) is 0 Å². The van der Waals surface area contributed by atoms with E-state index in [1.165, 1.54) is 12.0 Å². The van der Waals surface area contributed by atoms with Crippen LogP contribution >= 0.6 is 11.8 Å². The molecule has 158 valence electrons. The second-order valence-corrected chi connectivity index (χ2v) is 7.27. The van der Waals surface area contributed by atoms with Crippen molar-refractivity contribution in [2.75, 3.05) is 5.75 Å². The van der Waals surface area contributed by atoms with Gasteiger partial charge in [0.25, 0.3) is 0 Å². The highest BCUT2D eigenvalue weighted by Crippen LogP contribution is 2.24. The highest BCUT2D eigenvalue weighted by molar-refractivity contribution is 8.00. The third-order valence-corrected chi connectivity index (χ3v) is 4.86. The molecule has 3 aliphatic heterocycles. The maximum absolute atomic E-state index is 4.30. The van der Waals surface area contributed by atoms with Crippen LogP contribution in [-0.4, -0.2) is 17.1 Å². The molecule has 4 nitrogen and oxygen atoms in total. The van der Waals surface area contributed by atoms with Gasteiger partial charge in [-0.25, -0.2) is 4.99 Å². The topological polar surface area (TPSA) is 48.5 Å². The lowest BCUT2D eigenvalue weighted by Gasteiger charge is -2.26. The van der Waals surface area contributed by atoms with E-state index in [0.717, 1.165) is 23.2 Å². The van der Waals surface area contributed by atoms with Crippen molar-refractivity contribution in [3.63, 3.8) is 0 Å². The molecule has 0 aliphatic carbocycles. The fourth-order valence-electron chi connectivity index (χ4n) is 2.17. The standard InChI is InChI=1S/C14H16N4S.C5H12.2C2H6/c1-2-15-14-18-12(5-8-19-14)10-3-6-16-13-11(9-10)4-7-17-13;1-4-5(2)3;2*1-2/h2-7,9,11,14-15,18H,1,8H2,(H,16,17);5H,4H2,1-3H3;2*1-2H3. The van der Waals surface area contributed by atoms with E-state index in [4.69, 9.17) is 0 Å². The van der Waals surface area contributed by atoms with Gasteiger partial charge in [0, 0.05) is 23.8 Å². The molecule has 0 amide bonds. The summed E-state index contributed by atoms with van der Waals surface area (Å²) in [7, 11) is 0. The molecule has 0 saturated heterocycles. The number of allylic oxidation sites excluding steroid dienone is 1. The van der Waals surface area contributed by atoms with Gasteiger partial charge in [0.05, 0.1) is 5.92 Å². The molecular weight excluding hydrogens is 364 g/mol. The van der Waals surface area contributed by atoms with E-state index in [1.807, 2.05) is 40.1 Å². The summed E-state index contributed by atoms with van der Waals surface area (Å²) in [6.45, 7) is 18.3. The molecule has 2 atom stereocenters. The summed E-state index contributed by atoms with van der Waals surface area (Å²) in [5, 5.41) is 9.86. The first kappa shape index (κ1) is 26.1. The van der Waals surface area contributed by atoms with Gasteiger partial charge in [-0.3, -0.25) is 0 Å². The lowest BCUT2D eigenvalue weighted by molar-refractivity contribution is 0.626. The monoisotopic (exact) mass is 404 g/mol. The molecule has 0 saturated carbocycles. The van der Waals surface area contributed by atoms with Gasteiger partial charge in [-0.05, 0) is 23.8 Å². The van der Waals surface area contributed by atoms with E-state index < -0.39 is 0 Å². The lowest BCUT2D eigenvalue weighted by Crippen LogP contribution is -2.38. The van der Waals surface area contributed by atoms with E-state index in [2.05, 4.69) is 72.6 Å². The van der Waals surface area contributed by atoms with Gasteiger partial charge in [0.2, 0.25) is 0 Å². The molecule has 0 fully saturated rings. The summed E-state index contributed by atoms with van der Waals surface area (Å²) < 4.78 is 0. The largest absolute Gasteiger partial charge is 0.364 e. The summed E-state index contributed by atoms with van der Waals surface area (Å²) >= 11 is 1.81. The minimum absolute atomic E-state index is 0.176. The quantitative estimate of drug-likeness (QED) is 0.545. The van der Waals surface area contributed by atoms with Gasteiger partial charge in [-0.15, -0.1) is 11.8 Å². The zero-order valence-electron chi connectivity index (χ0n) is 18.8. The van der Waals surface area contributed by atoms with Gasteiger partial charge in [0.15, 0.2) is 0 Å². The second kappa shape index (κ2) is 16.1. The third-order valence-electron chi connectivity index (χ3n) is 3.91. The number of hydrogen-bond donors (Lipinski definition) is 3. The van der Waals surface area contributed by atoms with Gasteiger partial charge < -0.3 is 16.0 Å². The molecule has 3 rings (SSSR count). The summed E-state index contributed by atoms with van der Waals surface area (Å²) in [6, 6.07) is 0. The maximum Gasteiger partial charge on any atom is 0.145 e. The lowest BCUT2D eigenvalue weighted by atomic mass is 10.0. The molecular formula is C23H40N4S. The van der Waals surface area contributed by atoms with Gasteiger partial charge in [-0.1, -0.05) is 79.7 Å². The molecule has 0 spiro atoms. The average molecular weight is 405 g/mol. The summed E-state index contributed by atoms with van der Waals surface area (Å²) in [5.74, 6) is 3.09. The normalized spacial score (nSPS) is 21.2. The zero-order valence-corrected chi connectivity index (χ0v) is 19.6. The Balaban J connectivity index is 0.000000698. The molecule has 2 unspecified atom stereocenters. The van der Waals surface area contributed by atoms with Crippen LogP contribution in [0, 0.1) is 11.8 Å². The number of fused-ring (bicyclic) bond motifs is 1. The maximum atomic E-state index is 4.30. The van der Waals surface area contributed by atoms with Crippen LogP contribution in [0.25, 0.3) is 0 Å². The molecule has 0 radical (unpaired) electrons. The molecule has 0 aromatic heterocycles. The number of hydrogen-bond acceptors (Lipinski definition) is 5. The molecule has 3 aliphatic rings. The summed E-state index contributed by atoms with van der Waals surface area (Å²) in [5.41, 5.74) is 2.51. The Hall–Kier alpha value is -1.88. The Morgan fingerprint density at radius 2 is 2.00 bits per heavy atom. The first-order valence-electron chi connectivity index (χ1n) is 10.5. The van der Waals surface area contributed by atoms with Crippen molar-refractivity contribution in [3.05, 3.63) is 60.8 Å². The Labute approximate surface area is 177 Å². The summed E-state index contributed by atoms with van der Waals surface area (Å²) in [4.78, 5) is 4.30. The fraction of sp³-hybridized carbons (Fsp3) is 0.522. The average Bonchev–Trinajstić information content (AvgIpc) is 3.08. The van der Waals surface area contributed by atoms with E-state index in [-0.39, 0.29) is 11.4 Å². The number of rotatable bonds is 4. The number of aliphatic imine (C=N–C) groups is 1. The van der Waals surface area contributed by atoms with Crippen molar-refractivity contribution in [1.29, 1.82) is 0 Å². The molecule has 3 heterocycles. The SMILES string of the molecule is C=CNC1NC(C2=CC3C=CN=C3NC=C2)=CCS1.CC.CC.CCC(C)C. The van der Waals surface area contributed by atoms with Gasteiger partial charge in [-0.2, -0.15) is 0 Å². The minimum Gasteiger partial charge on any atom is -0.364 e. The van der Waals surface area contributed by atoms with Crippen molar-refractivity contribution in [2.45, 2.75) is 60.4 Å². The van der Waals surface area contributed by atoms with Crippen molar-refractivity contribution >= 4 is 17.6 Å². The van der Waals surface area contributed by atoms with Crippen LogP contribution in [0.15, 0.2) is 65.7 Å². The molecule has 5 heteroatoms. The fourth-order valence-corrected chi connectivity index (χ4v) is 3.03. The van der Waals surface area contributed by atoms with E-state index in [9.17, 15) is 0 Å². The number of nitrogens with one attached hydrogen (secondary N) is 3. The number of nitrogens with zero attached hydrogens (tertiary/aromatic N) is 1. The van der Waals surface area contributed by atoms with Gasteiger partial charge in [0.1, 0.15) is 11.3 Å². The highest BCUT2D eigenvalue weighted by atomic mass is 32.2. The molecule has 0 aromatic carbocycles. The number of amidine groups is 1. The van der Waals surface area contributed by atoms with Crippen LogP contribution < -0.4 is 16.0 Å². The van der Waals surface area contributed by atoms with Crippen molar-refractivity contribution in [2.24, 2.45) is 16.8 Å².